The molecule has 46 heavy (non-hydrogen) atoms. The Balaban J connectivity index is 4.07. The van der Waals surface area contributed by atoms with Crippen molar-refractivity contribution in [3.8, 4) is 0 Å². The number of aromatic nitrogens is 2. The lowest BCUT2D eigenvalue weighted by molar-refractivity contribution is -0.442. The molecule has 0 N–H and O–H groups in total. The minimum atomic E-state index is -8.75. The summed E-state index contributed by atoms with van der Waals surface area (Å²) in [6.45, 7) is -0.442. The van der Waals surface area contributed by atoms with Crippen LogP contribution >= 0.6 is 0 Å². The Morgan fingerprint density at radius 2 is 0.717 bits per heavy atom. The van der Waals surface area contributed by atoms with E-state index in [0.29, 0.717) is 0 Å². The Bertz CT molecular complexity index is 1310. The molecule has 1 rings (SSSR count). The smallest absolute Gasteiger partial charge is 0.273 e. The molecule has 1 aromatic rings. The van der Waals surface area contributed by atoms with E-state index in [0.717, 1.165) is 0 Å². The minimum Gasteiger partial charge on any atom is -0.273 e. The van der Waals surface area contributed by atoms with Gasteiger partial charge in [-0.2, -0.15) is 124 Å². The Kier molecular flexibility index (Phi) is 9.18. The molecule has 0 fully saturated rings. The summed E-state index contributed by atoms with van der Waals surface area (Å²) >= 11 is 0. The SMILES string of the molecule is CC(=O)n1nc(C(F)(F)C(F)(F)C(F)(F)C(F)(F)C(F)(F)C(F)(F)F)cc1C(F)(F)C(F)(F)C(F)(F)C(F)(F)C(F)(F)C(F)(F)F. The van der Waals surface area contributed by atoms with Crippen LogP contribution < -0.4 is 0 Å². The second-order valence-corrected chi connectivity index (χ2v) is 8.59. The van der Waals surface area contributed by atoms with Gasteiger partial charge in [0.15, 0.2) is 0 Å². The van der Waals surface area contributed by atoms with Crippen LogP contribution in [0.4, 0.5) is 114 Å². The van der Waals surface area contributed by atoms with Crippen LogP contribution in [0.3, 0.4) is 0 Å². The van der Waals surface area contributed by atoms with Gasteiger partial charge in [0.25, 0.3) is 0 Å². The van der Waals surface area contributed by atoms with E-state index in [1.807, 2.05) is 0 Å². The molecule has 0 saturated carbocycles. The molecule has 0 aliphatic rings. The highest BCUT2D eigenvalue weighted by molar-refractivity contribution is 5.76. The molecule has 0 radical (unpaired) electrons. The van der Waals surface area contributed by atoms with Crippen molar-refractivity contribution in [2.24, 2.45) is 0 Å². The average molecular weight is 746 g/mol. The molecule has 0 spiro atoms. The molecule has 0 saturated heterocycles. The van der Waals surface area contributed by atoms with Crippen LogP contribution in [0.5, 0.6) is 0 Å². The number of nitrogens with zero attached hydrogens (tertiary/aromatic N) is 2. The van der Waals surface area contributed by atoms with Crippen LogP contribution in [0, 0.1) is 0 Å². The fraction of sp³-hybridized carbons (Fsp3) is 0.765. The van der Waals surface area contributed by atoms with Crippen LogP contribution in [-0.4, -0.2) is 75.4 Å². The standard InChI is InChI=1S/C17H4F26N2O/c1-3(46)45-5(7(20,21)9(24,25)11(28,29)13(32,33)15(36,37)17(41,42)43)2-4(44-45)6(18,19)8(22,23)10(26,27)12(30,31)14(34,35)16(38,39)40/h2H,1H3. The maximum Gasteiger partial charge on any atom is 0.460 e. The van der Waals surface area contributed by atoms with E-state index in [4.69, 9.17) is 0 Å². The highest BCUT2D eigenvalue weighted by Crippen LogP contribution is 2.64. The van der Waals surface area contributed by atoms with Crippen molar-refractivity contribution >= 4 is 5.91 Å². The van der Waals surface area contributed by atoms with Gasteiger partial charge in [0.2, 0.25) is 5.91 Å². The number of hydrogen-bond donors (Lipinski definition) is 0. The Morgan fingerprint density at radius 1 is 0.457 bits per heavy atom. The van der Waals surface area contributed by atoms with Crippen LogP contribution in [0.15, 0.2) is 6.07 Å². The van der Waals surface area contributed by atoms with Gasteiger partial charge < -0.3 is 0 Å². The molecule has 0 amide bonds. The molecule has 29 heteroatoms. The Morgan fingerprint density at radius 3 is 0.978 bits per heavy atom. The number of carbonyl (C=O) groups is 1. The maximum absolute atomic E-state index is 14.4. The van der Waals surface area contributed by atoms with Gasteiger partial charge in [-0.05, 0) is 6.07 Å². The number of rotatable bonds is 10. The summed E-state index contributed by atoms with van der Waals surface area (Å²) in [6.07, 6.45) is -15.9. The van der Waals surface area contributed by atoms with Crippen molar-refractivity contribution in [2.45, 2.75) is 78.5 Å². The summed E-state index contributed by atoms with van der Waals surface area (Å²) in [5.41, 5.74) is -7.99. The van der Waals surface area contributed by atoms with Crippen molar-refractivity contribution in [1.29, 1.82) is 0 Å². The van der Waals surface area contributed by atoms with Gasteiger partial charge in [0, 0.05) is 6.92 Å². The lowest BCUT2D eigenvalue weighted by Crippen LogP contribution is -2.69. The summed E-state index contributed by atoms with van der Waals surface area (Å²) in [6, 6.07) is -2.14. The number of carbonyl (C=O) groups excluding carboxylic acids is 1. The fourth-order valence-electron chi connectivity index (χ4n) is 2.86. The predicted octanol–water partition coefficient (Wildman–Crippen LogP) is 8.93. The zero-order valence-corrected chi connectivity index (χ0v) is 20.2. The van der Waals surface area contributed by atoms with E-state index in [1.165, 1.54) is 5.10 Å². The normalized spacial score (nSPS) is 16.2. The molecule has 0 aromatic carbocycles. The molecule has 1 heterocycles. The first-order valence-electron chi connectivity index (χ1n) is 10.1. The lowest BCUT2D eigenvalue weighted by Gasteiger charge is -2.39. The molecule has 0 bridgehead atoms. The third-order valence-corrected chi connectivity index (χ3v) is 5.52. The summed E-state index contributed by atoms with van der Waals surface area (Å²) < 4.78 is 345. The van der Waals surface area contributed by atoms with Crippen LogP contribution in [0.2, 0.25) is 0 Å². The second kappa shape index (κ2) is 10.3. The molecule has 1 aromatic heterocycles. The van der Waals surface area contributed by atoms with Crippen molar-refractivity contribution in [3.63, 3.8) is 0 Å². The fourth-order valence-corrected chi connectivity index (χ4v) is 2.86. The molecule has 270 valence electrons. The van der Waals surface area contributed by atoms with Crippen molar-refractivity contribution < 1.29 is 119 Å². The second-order valence-electron chi connectivity index (χ2n) is 8.59. The van der Waals surface area contributed by atoms with Crippen LogP contribution in [0.1, 0.15) is 23.1 Å². The van der Waals surface area contributed by atoms with Crippen molar-refractivity contribution in [3.05, 3.63) is 17.5 Å². The number of hydrogen-bond acceptors (Lipinski definition) is 2. The maximum atomic E-state index is 14.4. The van der Waals surface area contributed by atoms with Gasteiger partial charge >= 0.3 is 71.6 Å². The third-order valence-electron chi connectivity index (χ3n) is 5.52. The van der Waals surface area contributed by atoms with E-state index >= 15 is 0 Å². The van der Waals surface area contributed by atoms with E-state index in [2.05, 4.69) is 0 Å². The first kappa shape index (κ1) is 41.1. The zero-order chi connectivity index (χ0) is 37.7. The molecular formula is C17H4F26N2O. The predicted molar refractivity (Wildman–Crippen MR) is 88.0 cm³/mol. The third kappa shape index (κ3) is 4.98. The van der Waals surface area contributed by atoms with Gasteiger partial charge in [-0.25, -0.2) is 0 Å². The molecule has 0 unspecified atom stereocenters. The highest BCUT2D eigenvalue weighted by Gasteiger charge is 2.93. The minimum absolute atomic E-state index is 0.442. The van der Waals surface area contributed by atoms with Gasteiger partial charge in [-0.15, -0.1) is 0 Å². The van der Waals surface area contributed by atoms with Crippen molar-refractivity contribution in [1.82, 2.24) is 9.78 Å². The Hall–Kier alpha value is -2.94. The van der Waals surface area contributed by atoms with E-state index < -0.39 is 107 Å². The Labute approximate surface area is 232 Å². The van der Waals surface area contributed by atoms with Crippen molar-refractivity contribution in [2.75, 3.05) is 0 Å². The van der Waals surface area contributed by atoms with Crippen LogP contribution in [0.25, 0.3) is 0 Å². The topological polar surface area (TPSA) is 34.9 Å². The van der Waals surface area contributed by atoms with E-state index in [-0.39, 0.29) is 0 Å². The summed E-state index contributed by atoms with van der Waals surface area (Å²) in [5, 5.41) is 1.44. The molecule has 3 nitrogen and oxygen atoms in total. The zero-order valence-electron chi connectivity index (χ0n) is 20.2. The van der Waals surface area contributed by atoms with E-state index in [9.17, 15) is 119 Å². The summed E-state index contributed by atoms with van der Waals surface area (Å²) in [5.74, 6) is -87.0. The molecular weight excluding hydrogens is 742 g/mol. The first-order valence-corrected chi connectivity index (χ1v) is 10.1. The van der Waals surface area contributed by atoms with Gasteiger partial charge in [-0.1, -0.05) is 0 Å². The summed E-state index contributed by atoms with van der Waals surface area (Å²) in [4.78, 5) is 11.4. The van der Waals surface area contributed by atoms with Gasteiger partial charge in [-0.3, -0.25) is 4.79 Å². The molecule has 0 aliphatic carbocycles. The first-order chi connectivity index (χ1) is 19.5. The highest BCUT2D eigenvalue weighted by atomic mass is 19.4. The lowest BCUT2D eigenvalue weighted by atomic mass is 9.91. The summed E-state index contributed by atoms with van der Waals surface area (Å²) in [7, 11) is 0. The van der Waals surface area contributed by atoms with Gasteiger partial charge in [0.1, 0.15) is 11.4 Å². The van der Waals surface area contributed by atoms with Gasteiger partial charge in [0.05, 0.1) is 0 Å². The molecule has 0 atom stereocenters. The monoisotopic (exact) mass is 746 g/mol. The van der Waals surface area contributed by atoms with Crippen LogP contribution in [-0.2, 0) is 11.8 Å². The quantitative estimate of drug-likeness (QED) is 0.224. The number of halogens is 26. The van der Waals surface area contributed by atoms with E-state index in [1.54, 1.807) is 0 Å². The molecule has 0 aliphatic heterocycles. The number of alkyl halides is 26. The average Bonchev–Trinajstić information content (AvgIpc) is 3.29. The largest absolute Gasteiger partial charge is 0.460 e.